The van der Waals surface area contributed by atoms with E-state index >= 15 is 0 Å². The molecule has 0 saturated carbocycles. The lowest BCUT2D eigenvalue weighted by atomic mass is 9.95. The van der Waals surface area contributed by atoms with Crippen molar-refractivity contribution in [2.75, 3.05) is 4.90 Å². The van der Waals surface area contributed by atoms with Crippen LogP contribution in [0.1, 0.15) is 18.9 Å². The van der Waals surface area contributed by atoms with Crippen LogP contribution in [0.2, 0.25) is 0 Å². The molecule has 0 heterocycles. The summed E-state index contributed by atoms with van der Waals surface area (Å²) in [6.07, 6.45) is 7.91. The first kappa shape index (κ1) is 29.0. The third kappa shape index (κ3) is 4.94. The van der Waals surface area contributed by atoms with Crippen LogP contribution in [0.15, 0.2) is 182 Å². The second-order valence-electron chi connectivity index (χ2n) is 12.8. The fourth-order valence-corrected chi connectivity index (χ4v) is 7.69. The van der Waals surface area contributed by atoms with Crippen LogP contribution in [-0.4, -0.2) is 0 Å². The lowest BCUT2D eigenvalue weighted by molar-refractivity contribution is 1.15. The highest BCUT2D eigenvalue weighted by Gasteiger charge is 2.21. The number of anilines is 2. The van der Waals surface area contributed by atoms with Gasteiger partial charge < -0.3 is 4.90 Å². The highest BCUT2D eigenvalue weighted by molar-refractivity contribution is 6.18. The van der Waals surface area contributed by atoms with Crippen LogP contribution >= 0.6 is 0 Å². The molecule has 0 saturated heterocycles. The van der Waals surface area contributed by atoms with E-state index in [0.717, 1.165) is 12.1 Å². The van der Waals surface area contributed by atoms with Gasteiger partial charge >= 0.3 is 0 Å². The molecule has 0 fully saturated rings. The fourth-order valence-electron chi connectivity index (χ4n) is 7.69. The Hall–Kier alpha value is -6.18. The molecule has 0 aliphatic carbocycles. The van der Waals surface area contributed by atoms with Gasteiger partial charge in [-0.2, -0.15) is 0 Å². The first-order valence-electron chi connectivity index (χ1n) is 17.2. The third-order valence-electron chi connectivity index (χ3n) is 9.88. The Morgan fingerprint density at radius 1 is 0.429 bits per heavy atom. The number of fused-ring (bicyclic) bond motifs is 9. The van der Waals surface area contributed by atoms with Crippen LogP contribution in [0, 0.1) is 0 Å². The van der Waals surface area contributed by atoms with Crippen LogP contribution in [0.25, 0.3) is 70.7 Å². The molecule has 0 radical (unpaired) electrons. The number of allylic oxidation sites excluding steroid dienone is 2. The van der Waals surface area contributed by atoms with E-state index in [2.05, 4.69) is 194 Å². The zero-order valence-corrected chi connectivity index (χ0v) is 27.5. The Balaban J connectivity index is 1.35. The molecule has 9 aromatic carbocycles. The summed E-state index contributed by atoms with van der Waals surface area (Å²) in [5, 5.41) is 15.0. The summed E-state index contributed by atoms with van der Waals surface area (Å²) in [5.74, 6) is 0. The van der Waals surface area contributed by atoms with Crippen molar-refractivity contribution in [3.8, 4) is 0 Å². The molecule has 9 aromatic rings. The summed E-state index contributed by atoms with van der Waals surface area (Å²) >= 11 is 0. The van der Waals surface area contributed by atoms with Crippen molar-refractivity contribution in [1.82, 2.24) is 0 Å². The summed E-state index contributed by atoms with van der Waals surface area (Å²) < 4.78 is 0. The molecule has 0 amide bonds. The van der Waals surface area contributed by atoms with Crippen LogP contribution in [0.3, 0.4) is 0 Å². The minimum Gasteiger partial charge on any atom is -0.310 e. The Labute approximate surface area is 286 Å². The fraction of sp³-hybridized carbons (Fsp3) is 0.0417. The maximum absolute atomic E-state index is 2.51. The standard InChI is InChI=1S/C48H35N/c1-2-15-37(29-28-36-30-33-16-3-6-19-38(33)42-23-10-9-22-41(36)42)49(47-31-34-17-4-7-20-39(34)43-24-11-13-26-45(43)47)48-32-35-18-5-8-21-40(35)44-25-12-14-27-46(44)48/h3-32H,2H2,1H3/b29-28-,37-15+. The Kier molecular flexibility index (Phi) is 7.17. The van der Waals surface area contributed by atoms with Crippen molar-refractivity contribution in [2.45, 2.75) is 13.3 Å². The van der Waals surface area contributed by atoms with Crippen LogP contribution in [0.5, 0.6) is 0 Å². The third-order valence-corrected chi connectivity index (χ3v) is 9.88. The van der Waals surface area contributed by atoms with Gasteiger partial charge in [0.15, 0.2) is 0 Å². The lowest BCUT2D eigenvalue weighted by Gasteiger charge is -2.30. The number of rotatable bonds is 6. The van der Waals surface area contributed by atoms with Gasteiger partial charge in [-0.15, -0.1) is 0 Å². The maximum atomic E-state index is 2.51. The van der Waals surface area contributed by atoms with E-state index in [1.165, 1.54) is 81.6 Å². The van der Waals surface area contributed by atoms with Gasteiger partial charge in [0.2, 0.25) is 0 Å². The van der Waals surface area contributed by atoms with Crippen LogP contribution < -0.4 is 4.90 Å². The number of nitrogens with zero attached hydrogens (tertiary/aromatic N) is 1. The van der Waals surface area contributed by atoms with E-state index in [0.29, 0.717) is 0 Å². The highest BCUT2D eigenvalue weighted by Crippen LogP contribution is 2.44. The minimum atomic E-state index is 0.895. The second kappa shape index (κ2) is 12.1. The molecule has 0 unspecified atom stereocenters. The summed E-state index contributed by atoms with van der Waals surface area (Å²) in [6, 6.07) is 59.8. The first-order chi connectivity index (χ1) is 24.3. The van der Waals surface area contributed by atoms with Crippen LogP contribution in [0.4, 0.5) is 11.4 Å². The summed E-state index contributed by atoms with van der Waals surface area (Å²) in [4.78, 5) is 2.51. The monoisotopic (exact) mass is 625 g/mol. The van der Waals surface area contributed by atoms with Gasteiger partial charge in [-0.1, -0.05) is 165 Å². The van der Waals surface area contributed by atoms with Gasteiger partial charge in [-0.3, -0.25) is 0 Å². The van der Waals surface area contributed by atoms with Gasteiger partial charge in [0.25, 0.3) is 0 Å². The quantitative estimate of drug-likeness (QED) is 0.131. The topological polar surface area (TPSA) is 3.24 Å². The smallest absolute Gasteiger partial charge is 0.0546 e. The molecular formula is C48H35N. The molecule has 232 valence electrons. The summed E-state index contributed by atoms with van der Waals surface area (Å²) in [7, 11) is 0. The van der Waals surface area contributed by atoms with E-state index in [1.807, 2.05) is 0 Å². The van der Waals surface area contributed by atoms with Crippen molar-refractivity contribution in [1.29, 1.82) is 0 Å². The molecular weight excluding hydrogens is 591 g/mol. The van der Waals surface area contributed by atoms with Gasteiger partial charge in [0.05, 0.1) is 11.4 Å². The predicted octanol–water partition coefficient (Wildman–Crippen LogP) is 13.8. The molecule has 1 heteroatoms. The maximum Gasteiger partial charge on any atom is 0.0546 e. The zero-order valence-electron chi connectivity index (χ0n) is 27.5. The number of hydrogen-bond donors (Lipinski definition) is 0. The SMILES string of the molecule is CC/C=C(\C=C/c1cc2ccccc2c2ccccc12)N(c1cc2ccccc2c2ccccc12)c1cc2ccccc2c2ccccc12. The van der Waals surface area contributed by atoms with Crippen molar-refractivity contribution in [2.24, 2.45) is 0 Å². The van der Waals surface area contributed by atoms with Crippen molar-refractivity contribution in [3.63, 3.8) is 0 Å². The van der Waals surface area contributed by atoms with Gasteiger partial charge in [0, 0.05) is 16.5 Å². The van der Waals surface area contributed by atoms with Crippen molar-refractivity contribution in [3.05, 3.63) is 187 Å². The van der Waals surface area contributed by atoms with Gasteiger partial charge in [-0.05, 0) is 90.1 Å². The zero-order chi connectivity index (χ0) is 32.7. The number of benzene rings is 9. The van der Waals surface area contributed by atoms with Gasteiger partial charge in [0.1, 0.15) is 0 Å². The van der Waals surface area contributed by atoms with E-state index < -0.39 is 0 Å². The number of hydrogen-bond acceptors (Lipinski definition) is 1. The lowest BCUT2D eigenvalue weighted by Crippen LogP contribution is -2.16. The highest BCUT2D eigenvalue weighted by atomic mass is 15.1. The van der Waals surface area contributed by atoms with Gasteiger partial charge in [-0.25, -0.2) is 0 Å². The second-order valence-corrected chi connectivity index (χ2v) is 12.8. The normalized spacial score (nSPS) is 12.3. The van der Waals surface area contributed by atoms with E-state index in [9.17, 15) is 0 Å². The average molecular weight is 626 g/mol. The Bertz CT molecular complexity index is 2650. The summed E-state index contributed by atoms with van der Waals surface area (Å²) in [6.45, 7) is 2.23. The first-order valence-corrected chi connectivity index (χ1v) is 17.2. The molecule has 0 aliphatic rings. The molecule has 0 bridgehead atoms. The minimum absolute atomic E-state index is 0.895. The molecule has 49 heavy (non-hydrogen) atoms. The molecule has 9 rings (SSSR count). The van der Waals surface area contributed by atoms with E-state index in [-0.39, 0.29) is 0 Å². The predicted molar refractivity (Wildman–Crippen MR) is 214 cm³/mol. The van der Waals surface area contributed by atoms with Crippen molar-refractivity contribution >= 4 is 82.1 Å². The molecule has 0 spiro atoms. The Morgan fingerprint density at radius 2 is 0.796 bits per heavy atom. The molecule has 0 aromatic heterocycles. The largest absolute Gasteiger partial charge is 0.310 e. The molecule has 1 nitrogen and oxygen atoms in total. The average Bonchev–Trinajstić information content (AvgIpc) is 3.17. The molecule has 0 N–H and O–H groups in total. The molecule has 0 aliphatic heterocycles. The van der Waals surface area contributed by atoms with E-state index in [1.54, 1.807) is 0 Å². The van der Waals surface area contributed by atoms with Crippen molar-refractivity contribution < 1.29 is 0 Å². The van der Waals surface area contributed by atoms with Crippen LogP contribution in [-0.2, 0) is 0 Å². The Morgan fingerprint density at radius 3 is 1.27 bits per heavy atom. The summed E-state index contributed by atoms with van der Waals surface area (Å²) in [5.41, 5.74) is 4.69. The van der Waals surface area contributed by atoms with E-state index in [4.69, 9.17) is 0 Å². The molecule has 0 atom stereocenters.